The maximum Gasteiger partial charge on any atom is 0.320 e. The SMILES string of the molecule is CC1=CCC(C(=O)O)(C(=O)NN=Cc2ccc(Br)cc2)C(c2ccc(F)cc2)C1. The number of amides is 1. The van der Waals surface area contributed by atoms with E-state index in [1.54, 1.807) is 18.2 Å². The Morgan fingerprint density at radius 1 is 1.21 bits per heavy atom. The lowest BCUT2D eigenvalue weighted by molar-refractivity contribution is -0.158. The Labute approximate surface area is 176 Å². The lowest BCUT2D eigenvalue weighted by Gasteiger charge is -2.38. The fourth-order valence-electron chi connectivity index (χ4n) is 3.55. The summed E-state index contributed by atoms with van der Waals surface area (Å²) in [5.41, 5.74) is 3.02. The number of hydrogen-bond acceptors (Lipinski definition) is 3. The van der Waals surface area contributed by atoms with Gasteiger partial charge in [0.25, 0.3) is 5.91 Å². The van der Waals surface area contributed by atoms with Crippen molar-refractivity contribution in [1.82, 2.24) is 5.43 Å². The fourth-order valence-corrected chi connectivity index (χ4v) is 3.82. The summed E-state index contributed by atoms with van der Waals surface area (Å²) in [5.74, 6) is -2.97. The van der Waals surface area contributed by atoms with Crippen molar-refractivity contribution in [3.05, 3.63) is 81.6 Å². The summed E-state index contributed by atoms with van der Waals surface area (Å²) < 4.78 is 14.3. The molecule has 0 radical (unpaired) electrons. The van der Waals surface area contributed by atoms with Crippen molar-refractivity contribution in [3.8, 4) is 0 Å². The van der Waals surface area contributed by atoms with E-state index in [1.807, 2.05) is 19.1 Å². The third-order valence-corrected chi connectivity index (χ3v) is 5.73. The molecular formula is C22H20BrFN2O3. The molecule has 0 aromatic heterocycles. The predicted molar refractivity (Wildman–Crippen MR) is 112 cm³/mol. The van der Waals surface area contributed by atoms with Crippen LogP contribution >= 0.6 is 15.9 Å². The number of carbonyl (C=O) groups excluding carboxylic acids is 1. The molecule has 5 nitrogen and oxygen atoms in total. The smallest absolute Gasteiger partial charge is 0.320 e. The molecule has 0 heterocycles. The van der Waals surface area contributed by atoms with Gasteiger partial charge in [-0.05, 0) is 55.2 Å². The van der Waals surface area contributed by atoms with Gasteiger partial charge in [0.2, 0.25) is 0 Å². The normalized spacial score (nSPS) is 21.6. The Morgan fingerprint density at radius 3 is 2.48 bits per heavy atom. The number of allylic oxidation sites excluding steroid dienone is 2. The molecule has 0 fully saturated rings. The molecule has 7 heteroatoms. The number of rotatable bonds is 5. The molecule has 150 valence electrons. The topological polar surface area (TPSA) is 78.8 Å². The van der Waals surface area contributed by atoms with Crippen molar-refractivity contribution in [2.45, 2.75) is 25.7 Å². The monoisotopic (exact) mass is 458 g/mol. The van der Waals surface area contributed by atoms with Crippen LogP contribution in [0, 0.1) is 11.2 Å². The first-order chi connectivity index (χ1) is 13.8. The third kappa shape index (κ3) is 4.45. The average Bonchev–Trinajstić information content (AvgIpc) is 2.70. The number of nitrogens with zero attached hydrogens (tertiary/aromatic N) is 1. The van der Waals surface area contributed by atoms with Crippen LogP contribution in [0.2, 0.25) is 0 Å². The molecule has 2 atom stereocenters. The highest BCUT2D eigenvalue weighted by Crippen LogP contribution is 2.47. The maximum absolute atomic E-state index is 13.4. The lowest BCUT2D eigenvalue weighted by Crippen LogP contribution is -2.50. The van der Waals surface area contributed by atoms with E-state index in [9.17, 15) is 19.1 Å². The second kappa shape index (κ2) is 8.69. The van der Waals surface area contributed by atoms with E-state index in [0.29, 0.717) is 12.0 Å². The number of carboxylic acids is 1. The Morgan fingerprint density at radius 2 is 1.86 bits per heavy atom. The minimum absolute atomic E-state index is 0.0375. The summed E-state index contributed by atoms with van der Waals surface area (Å²) in [5, 5.41) is 14.0. The number of halogens is 2. The lowest BCUT2D eigenvalue weighted by atomic mass is 9.64. The van der Waals surface area contributed by atoms with E-state index < -0.39 is 29.0 Å². The van der Waals surface area contributed by atoms with E-state index in [1.165, 1.54) is 30.5 Å². The Bertz CT molecular complexity index is 971. The van der Waals surface area contributed by atoms with Crippen molar-refractivity contribution in [1.29, 1.82) is 0 Å². The molecule has 2 aromatic rings. The van der Waals surface area contributed by atoms with Gasteiger partial charge in [-0.25, -0.2) is 9.82 Å². The molecule has 29 heavy (non-hydrogen) atoms. The number of hydrazone groups is 1. The summed E-state index contributed by atoms with van der Waals surface area (Å²) in [6, 6.07) is 12.9. The highest BCUT2D eigenvalue weighted by molar-refractivity contribution is 9.10. The maximum atomic E-state index is 13.4. The van der Waals surface area contributed by atoms with Crippen LogP contribution in [-0.4, -0.2) is 23.2 Å². The zero-order valence-electron chi connectivity index (χ0n) is 15.7. The van der Waals surface area contributed by atoms with Crippen LogP contribution < -0.4 is 5.43 Å². The van der Waals surface area contributed by atoms with E-state index in [2.05, 4.69) is 26.5 Å². The van der Waals surface area contributed by atoms with Gasteiger partial charge < -0.3 is 5.11 Å². The molecular weight excluding hydrogens is 439 g/mol. The molecule has 1 aliphatic carbocycles. The van der Waals surface area contributed by atoms with Crippen LogP contribution in [0.1, 0.15) is 36.8 Å². The van der Waals surface area contributed by atoms with Gasteiger partial charge in [-0.1, -0.05) is 51.8 Å². The Kier molecular flexibility index (Phi) is 6.27. The number of nitrogens with one attached hydrogen (secondary N) is 1. The molecule has 1 amide bonds. The Balaban J connectivity index is 1.91. The van der Waals surface area contributed by atoms with Gasteiger partial charge in [0.05, 0.1) is 6.21 Å². The molecule has 0 spiro atoms. The standard InChI is InChI=1S/C22H20BrFN2O3/c1-14-10-11-22(21(28)29,19(12-14)16-4-8-18(24)9-5-16)20(27)26-25-13-15-2-6-17(23)7-3-15/h2-10,13,19H,11-12H2,1H3,(H,26,27)(H,28,29). The van der Waals surface area contributed by atoms with Gasteiger partial charge in [-0.2, -0.15) is 5.10 Å². The first-order valence-electron chi connectivity index (χ1n) is 9.06. The van der Waals surface area contributed by atoms with E-state index in [-0.39, 0.29) is 6.42 Å². The van der Waals surface area contributed by atoms with Crippen molar-refractivity contribution in [2.75, 3.05) is 0 Å². The minimum Gasteiger partial charge on any atom is -0.480 e. The van der Waals surface area contributed by atoms with Gasteiger partial charge in [0.1, 0.15) is 5.82 Å². The summed E-state index contributed by atoms with van der Waals surface area (Å²) in [4.78, 5) is 25.4. The van der Waals surface area contributed by atoms with Crippen molar-refractivity contribution in [3.63, 3.8) is 0 Å². The second-order valence-electron chi connectivity index (χ2n) is 7.09. The van der Waals surface area contributed by atoms with Gasteiger partial charge in [0, 0.05) is 10.4 Å². The first kappa shape index (κ1) is 20.9. The van der Waals surface area contributed by atoms with E-state index >= 15 is 0 Å². The fraction of sp³-hybridized carbons (Fsp3) is 0.227. The molecule has 0 saturated heterocycles. The highest BCUT2D eigenvalue weighted by Gasteiger charge is 2.53. The number of hydrogen-bond donors (Lipinski definition) is 2. The molecule has 2 unspecified atom stereocenters. The highest BCUT2D eigenvalue weighted by atomic mass is 79.9. The van der Waals surface area contributed by atoms with Crippen molar-refractivity contribution in [2.24, 2.45) is 10.5 Å². The van der Waals surface area contributed by atoms with Crippen molar-refractivity contribution >= 4 is 34.0 Å². The van der Waals surface area contributed by atoms with E-state index in [0.717, 1.165) is 15.6 Å². The molecule has 1 aliphatic rings. The van der Waals surface area contributed by atoms with Crippen LogP contribution in [0.5, 0.6) is 0 Å². The van der Waals surface area contributed by atoms with Crippen LogP contribution in [0.4, 0.5) is 4.39 Å². The summed E-state index contributed by atoms with van der Waals surface area (Å²) in [6.07, 6.45) is 3.65. The average molecular weight is 459 g/mol. The molecule has 2 aromatic carbocycles. The summed E-state index contributed by atoms with van der Waals surface area (Å²) >= 11 is 3.34. The minimum atomic E-state index is -1.73. The number of benzene rings is 2. The number of carbonyl (C=O) groups is 2. The largest absolute Gasteiger partial charge is 0.480 e. The van der Waals surface area contributed by atoms with Gasteiger partial charge in [-0.3, -0.25) is 9.59 Å². The Hall–Kier alpha value is -2.80. The number of carboxylic acid groups (broad SMARTS) is 1. The number of aliphatic carboxylic acids is 1. The first-order valence-corrected chi connectivity index (χ1v) is 9.86. The molecule has 0 saturated carbocycles. The van der Waals surface area contributed by atoms with E-state index in [4.69, 9.17) is 0 Å². The summed E-state index contributed by atoms with van der Waals surface area (Å²) in [7, 11) is 0. The zero-order chi connectivity index (χ0) is 21.0. The predicted octanol–water partition coefficient (Wildman–Crippen LogP) is 4.63. The van der Waals surface area contributed by atoms with Crippen LogP contribution in [0.3, 0.4) is 0 Å². The third-order valence-electron chi connectivity index (χ3n) is 5.20. The van der Waals surface area contributed by atoms with Gasteiger partial charge >= 0.3 is 5.97 Å². The molecule has 0 aliphatic heterocycles. The molecule has 0 bridgehead atoms. The summed E-state index contributed by atoms with van der Waals surface area (Å²) in [6.45, 7) is 1.89. The van der Waals surface area contributed by atoms with Crippen LogP contribution in [0.25, 0.3) is 0 Å². The zero-order valence-corrected chi connectivity index (χ0v) is 17.3. The quantitative estimate of drug-likeness (QED) is 0.296. The molecule has 3 rings (SSSR count). The van der Waals surface area contributed by atoms with Crippen LogP contribution in [0.15, 0.2) is 69.8 Å². The van der Waals surface area contributed by atoms with Gasteiger partial charge in [-0.15, -0.1) is 0 Å². The van der Waals surface area contributed by atoms with Crippen LogP contribution in [-0.2, 0) is 9.59 Å². The molecule has 2 N–H and O–H groups in total. The second-order valence-corrected chi connectivity index (χ2v) is 8.01. The van der Waals surface area contributed by atoms with Crippen molar-refractivity contribution < 1.29 is 19.1 Å². The van der Waals surface area contributed by atoms with Gasteiger partial charge in [0.15, 0.2) is 5.41 Å².